The van der Waals surface area contributed by atoms with Crippen molar-refractivity contribution in [1.29, 1.82) is 0 Å². The fourth-order valence-corrected chi connectivity index (χ4v) is 1.35. The molecule has 0 atom stereocenters. The molecule has 0 fully saturated rings. The first-order chi connectivity index (χ1) is 9.31. The number of aliphatic hydroxyl groups is 1. The summed E-state index contributed by atoms with van der Waals surface area (Å²) in [5.41, 5.74) is 0.355. The minimum Gasteiger partial charge on any atom is -0.444 e. The lowest BCUT2D eigenvalue weighted by atomic mass is 10.1. The monoisotopic (exact) mass is 285 g/mol. The van der Waals surface area contributed by atoms with Gasteiger partial charge in [-0.3, -0.25) is 0 Å². The summed E-state index contributed by atoms with van der Waals surface area (Å²) in [5, 5.41) is 11.5. The summed E-state index contributed by atoms with van der Waals surface area (Å²) in [5.74, 6) is -0.460. The lowest BCUT2D eigenvalue weighted by Crippen LogP contribution is -2.32. The van der Waals surface area contributed by atoms with Gasteiger partial charge in [-0.25, -0.2) is 9.18 Å². The van der Waals surface area contributed by atoms with Gasteiger partial charge in [0, 0.05) is 12.1 Å². The Morgan fingerprint density at radius 3 is 2.45 bits per heavy atom. The minimum absolute atomic E-state index is 0.207. The molecule has 0 aliphatic rings. The molecule has 1 aromatic rings. The molecule has 114 valence electrons. The van der Waals surface area contributed by atoms with Gasteiger partial charge in [0.05, 0.1) is 6.61 Å². The predicted molar refractivity (Wildman–Crippen MR) is 76.7 cm³/mol. The topological polar surface area (TPSA) is 58.6 Å². The van der Waals surface area contributed by atoms with Gasteiger partial charge in [-0.05, 0) is 38.5 Å². The van der Waals surface area contributed by atoms with Gasteiger partial charge in [0.1, 0.15) is 11.4 Å². The number of hydrogen-bond donors (Lipinski definition) is 2. The lowest BCUT2D eigenvalue weighted by Gasteiger charge is -2.19. The zero-order valence-corrected chi connectivity index (χ0v) is 12.8. The Kier molecular flexibility index (Phi) is 7.84. The summed E-state index contributed by atoms with van der Waals surface area (Å²) in [6.07, 6.45) is -0.530. The molecule has 1 aromatic carbocycles. The number of nitrogens with one attached hydrogen (secondary N) is 1. The molecular formula is C15H24FNO3. The highest BCUT2D eigenvalue weighted by molar-refractivity contribution is 5.67. The number of rotatable bonds is 3. The van der Waals surface area contributed by atoms with Crippen LogP contribution in [0.3, 0.4) is 0 Å². The molecule has 4 nitrogen and oxygen atoms in total. The van der Waals surface area contributed by atoms with Crippen molar-refractivity contribution in [2.24, 2.45) is 0 Å². The second-order valence-electron chi connectivity index (χ2n) is 4.94. The van der Waals surface area contributed by atoms with Crippen molar-refractivity contribution in [2.75, 3.05) is 0 Å². The maximum Gasteiger partial charge on any atom is 0.407 e. The van der Waals surface area contributed by atoms with E-state index in [-0.39, 0.29) is 18.7 Å². The molecule has 0 spiro atoms. The van der Waals surface area contributed by atoms with E-state index in [4.69, 9.17) is 9.84 Å². The molecular weight excluding hydrogens is 261 g/mol. The molecule has 0 aliphatic carbocycles. The van der Waals surface area contributed by atoms with Gasteiger partial charge in [0.2, 0.25) is 0 Å². The van der Waals surface area contributed by atoms with E-state index in [1.807, 2.05) is 13.8 Å². The Balaban J connectivity index is 0.00000172. The van der Waals surface area contributed by atoms with Gasteiger partial charge in [-0.15, -0.1) is 0 Å². The standard InChI is InChI=1S/C13H18FNO3.C2H6/c1-13(2,3)18-12(17)15-7-9-4-5-11(14)10(6-9)8-16;1-2/h4-6,16H,7-8H2,1-3H3,(H,15,17);1-2H3. The number of benzene rings is 1. The van der Waals surface area contributed by atoms with Crippen molar-refractivity contribution in [3.05, 3.63) is 35.1 Å². The van der Waals surface area contributed by atoms with Crippen LogP contribution in [0.1, 0.15) is 45.7 Å². The Morgan fingerprint density at radius 1 is 1.35 bits per heavy atom. The van der Waals surface area contributed by atoms with Crippen LogP contribution in [0.4, 0.5) is 9.18 Å². The molecule has 1 amide bonds. The number of amides is 1. The van der Waals surface area contributed by atoms with Gasteiger partial charge >= 0.3 is 6.09 Å². The van der Waals surface area contributed by atoms with E-state index < -0.39 is 17.5 Å². The first-order valence-electron chi connectivity index (χ1n) is 6.67. The average molecular weight is 285 g/mol. The fraction of sp³-hybridized carbons (Fsp3) is 0.533. The maximum atomic E-state index is 13.1. The molecule has 0 heterocycles. The normalized spacial score (nSPS) is 10.3. The number of halogens is 1. The molecule has 0 aromatic heterocycles. The molecule has 0 bridgehead atoms. The summed E-state index contributed by atoms with van der Waals surface area (Å²) < 4.78 is 18.2. The van der Waals surface area contributed by atoms with Crippen LogP contribution in [0.15, 0.2) is 18.2 Å². The summed E-state index contributed by atoms with van der Waals surface area (Å²) in [6.45, 7) is 9.17. The smallest absolute Gasteiger partial charge is 0.407 e. The van der Waals surface area contributed by atoms with Gasteiger partial charge in [-0.1, -0.05) is 19.9 Å². The van der Waals surface area contributed by atoms with E-state index in [0.717, 1.165) is 0 Å². The minimum atomic E-state index is -0.552. The van der Waals surface area contributed by atoms with Gasteiger partial charge < -0.3 is 15.2 Å². The third-order valence-corrected chi connectivity index (χ3v) is 2.12. The Bertz CT molecular complexity index is 428. The first-order valence-corrected chi connectivity index (χ1v) is 6.67. The molecule has 0 saturated heterocycles. The molecule has 0 saturated carbocycles. The van der Waals surface area contributed by atoms with E-state index >= 15 is 0 Å². The van der Waals surface area contributed by atoms with Crippen LogP contribution in [-0.2, 0) is 17.9 Å². The largest absolute Gasteiger partial charge is 0.444 e. The third kappa shape index (κ3) is 7.09. The number of alkyl carbamates (subject to hydrolysis) is 1. The van der Waals surface area contributed by atoms with Gasteiger partial charge in [-0.2, -0.15) is 0 Å². The average Bonchev–Trinajstić information content (AvgIpc) is 2.38. The highest BCUT2D eigenvalue weighted by Crippen LogP contribution is 2.11. The van der Waals surface area contributed by atoms with E-state index in [2.05, 4.69) is 5.32 Å². The van der Waals surface area contributed by atoms with Gasteiger partial charge in [0.25, 0.3) is 0 Å². The van der Waals surface area contributed by atoms with E-state index in [9.17, 15) is 9.18 Å². The van der Waals surface area contributed by atoms with Crippen molar-refractivity contribution in [2.45, 2.75) is 53.4 Å². The molecule has 1 rings (SSSR count). The SMILES string of the molecule is CC.CC(C)(C)OC(=O)NCc1ccc(F)c(CO)c1. The Hall–Kier alpha value is -1.62. The van der Waals surface area contributed by atoms with Crippen LogP contribution in [-0.4, -0.2) is 16.8 Å². The molecule has 0 unspecified atom stereocenters. The number of carbonyl (C=O) groups is 1. The number of aliphatic hydroxyl groups excluding tert-OH is 1. The number of carbonyl (C=O) groups excluding carboxylic acids is 1. The van der Waals surface area contributed by atoms with Crippen LogP contribution in [0, 0.1) is 5.82 Å². The van der Waals surface area contributed by atoms with Crippen molar-refractivity contribution < 1.29 is 19.0 Å². The summed E-state index contributed by atoms with van der Waals surface area (Å²) >= 11 is 0. The zero-order chi connectivity index (χ0) is 15.8. The molecule has 20 heavy (non-hydrogen) atoms. The second-order valence-corrected chi connectivity index (χ2v) is 4.94. The quantitative estimate of drug-likeness (QED) is 0.895. The molecule has 5 heteroatoms. The predicted octanol–water partition coefficient (Wildman–Crippen LogP) is 3.37. The zero-order valence-electron chi connectivity index (χ0n) is 12.8. The van der Waals surface area contributed by atoms with E-state index in [1.165, 1.54) is 12.1 Å². The van der Waals surface area contributed by atoms with Crippen LogP contribution in [0.2, 0.25) is 0 Å². The fourth-order valence-electron chi connectivity index (χ4n) is 1.35. The van der Waals surface area contributed by atoms with Crippen LogP contribution < -0.4 is 5.32 Å². The number of hydrogen-bond acceptors (Lipinski definition) is 3. The van der Waals surface area contributed by atoms with Crippen LogP contribution in [0.5, 0.6) is 0 Å². The van der Waals surface area contributed by atoms with Crippen molar-refractivity contribution in [1.82, 2.24) is 5.32 Å². The highest BCUT2D eigenvalue weighted by Gasteiger charge is 2.15. The lowest BCUT2D eigenvalue weighted by molar-refractivity contribution is 0.0523. The molecule has 2 N–H and O–H groups in total. The Morgan fingerprint density at radius 2 is 1.95 bits per heavy atom. The van der Waals surface area contributed by atoms with Crippen LogP contribution >= 0.6 is 0 Å². The van der Waals surface area contributed by atoms with Crippen molar-refractivity contribution in [3.8, 4) is 0 Å². The maximum absolute atomic E-state index is 13.1. The summed E-state index contributed by atoms with van der Waals surface area (Å²) in [4.78, 5) is 11.4. The Labute approximate surface area is 120 Å². The van der Waals surface area contributed by atoms with Crippen molar-refractivity contribution in [3.63, 3.8) is 0 Å². The first kappa shape index (κ1) is 18.4. The van der Waals surface area contributed by atoms with Crippen molar-refractivity contribution >= 4 is 6.09 Å². The number of ether oxygens (including phenoxy) is 1. The highest BCUT2D eigenvalue weighted by atomic mass is 19.1. The van der Waals surface area contributed by atoms with Gasteiger partial charge in [0.15, 0.2) is 0 Å². The summed E-state index contributed by atoms with van der Waals surface area (Å²) in [6, 6.07) is 4.32. The van der Waals surface area contributed by atoms with E-state index in [0.29, 0.717) is 5.56 Å². The summed E-state index contributed by atoms with van der Waals surface area (Å²) in [7, 11) is 0. The second kappa shape index (κ2) is 8.53. The molecule has 0 radical (unpaired) electrons. The third-order valence-electron chi connectivity index (χ3n) is 2.12. The van der Waals surface area contributed by atoms with Crippen LogP contribution in [0.25, 0.3) is 0 Å². The molecule has 0 aliphatic heterocycles. The van der Waals surface area contributed by atoms with E-state index in [1.54, 1.807) is 26.8 Å².